The highest BCUT2D eigenvalue weighted by molar-refractivity contribution is 7.89. The molecule has 1 aromatic carbocycles. The Kier molecular flexibility index (Phi) is 3.93. The molecule has 0 unspecified atom stereocenters. The zero-order valence-corrected chi connectivity index (χ0v) is 13.1. The summed E-state index contributed by atoms with van der Waals surface area (Å²) in [7, 11) is -1.74. The van der Waals surface area contributed by atoms with Gasteiger partial charge in [0.2, 0.25) is 10.0 Å². The van der Waals surface area contributed by atoms with E-state index in [0.717, 1.165) is 11.7 Å². The summed E-state index contributed by atoms with van der Waals surface area (Å²) in [6, 6.07) is 4.81. The van der Waals surface area contributed by atoms with Gasteiger partial charge in [0.15, 0.2) is 0 Å². The van der Waals surface area contributed by atoms with Gasteiger partial charge in [0, 0.05) is 25.7 Å². The van der Waals surface area contributed by atoms with Crippen LogP contribution >= 0.6 is 11.7 Å². The lowest BCUT2D eigenvalue weighted by Crippen LogP contribution is -2.54. The van der Waals surface area contributed by atoms with Crippen LogP contribution in [0.2, 0.25) is 0 Å². The lowest BCUT2D eigenvalue weighted by atomic mass is 10.2. The maximum atomic E-state index is 12.8. The molecule has 1 saturated heterocycles. The summed E-state index contributed by atoms with van der Waals surface area (Å²) in [6.45, 7) is 1.22. The highest BCUT2D eigenvalue weighted by atomic mass is 32.2. The molecule has 2 heterocycles. The number of nitrogens with zero attached hydrogens (tertiary/aromatic N) is 4. The minimum atomic E-state index is -3.63. The molecule has 1 fully saturated rings. The van der Waals surface area contributed by atoms with Gasteiger partial charge in [0.1, 0.15) is 15.9 Å². The van der Waals surface area contributed by atoms with E-state index in [1.165, 1.54) is 4.31 Å². The van der Waals surface area contributed by atoms with E-state index in [4.69, 9.17) is 0 Å². The van der Waals surface area contributed by atoms with E-state index in [0.29, 0.717) is 24.1 Å². The van der Waals surface area contributed by atoms with Gasteiger partial charge >= 0.3 is 0 Å². The average Bonchev–Trinajstić information content (AvgIpc) is 2.95. The Morgan fingerprint density at radius 2 is 2.19 bits per heavy atom. The lowest BCUT2D eigenvalue weighted by molar-refractivity contribution is 0.0924. The first-order valence-electron chi connectivity index (χ1n) is 6.56. The number of fused-ring (bicyclic) bond motifs is 1. The molecule has 1 aliphatic rings. The first-order chi connectivity index (χ1) is 10.0. The molecule has 0 saturated carbocycles. The molecule has 2 aromatic rings. The van der Waals surface area contributed by atoms with Crippen LogP contribution in [0.3, 0.4) is 0 Å². The minimum absolute atomic E-state index is 0.0645. The quantitative estimate of drug-likeness (QED) is 0.853. The molecule has 0 spiro atoms. The third-order valence-electron chi connectivity index (χ3n) is 3.82. The van der Waals surface area contributed by atoms with Crippen LogP contribution in [-0.2, 0) is 10.0 Å². The predicted octanol–water partition coefficient (Wildman–Crippen LogP) is -0.0117. The van der Waals surface area contributed by atoms with Crippen molar-refractivity contribution < 1.29 is 13.5 Å². The Balaban J connectivity index is 1.99. The third-order valence-corrected chi connectivity index (χ3v) is 6.26. The summed E-state index contributed by atoms with van der Waals surface area (Å²) >= 11 is 1.00. The number of piperazine rings is 1. The van der Waals surface area contributed by atoms with Gasteiger partial charge in [0.05, 0.1) is 18.3 Å². The second-order valence-corrected chi connectivity index (χ2v) is 7.50. The van der Waals surface area contributed by atoms with E-state index in [-0.39, 0.29) is 24.1 Å². The number of aliphatic hydroxyl groups excluding tert-OH is 1. The monoisotopic (exact) mass is 328 g/mol. The number of aliphatic hydroxyl groups is 1. The Morgan fingerprint density at radius 1 is 1.38 bits per heavy atom. The van der Waals surface area contributed by atoms with Gasteiger partial charge in [-0.05, 0) is 19.2 Å². The van der Waals surface area contributed by atoms with Crippen molar-refractivity contribution in [3.63, 3.8) is 0 Å². The molecule has 114 valence electrons. The first-order valence-corrected chi connectivity index (χ1v) is 8.73. The van der Waals surface area contributed by atoms with Crippen LogP contribution in [-0.4, -0.2) is 70.8 Å². The summed E-state index contributed by atoms with van der Waals surface area (Å²) in [5, 5.41) is 9.37. The van der Waals surface area contributed by atoms with Crippen LogP contribution in [0.1, 0.15) is 0 Å². The smallest absolute Gasteiger partial charge is 0.245 e. The zero-order chi connectivity index (χ0) is 15.0. The van der Waals surface area contributed by atoms with Crippen LogP contribution in [0.25, 0.3) is 11.0 Å². The van der Waals surface area contributed by atoms with Crippen LogP contribution in [0.15, 0.2) is 23.1 Å². The van der Waals surface area contributed by atoms with E-state index >= 15 is 0 Å². The number of rotatable bonds is 3. The maximum absolute atomic E-state index is 12.8. The van der Waals surface area contributed by atoms with Gasteiger partial charge in [-0.3, -0.25) is 4.90 Å². The third kappa shape index (κ3) is 2.55. The van der Waals surface area contributed by atoms with Gasteiger partial charge in [-0.2, -0.15) is 13.1 Å². The summed E-state index contributed by atoms with van der Waals surface area (Å²) in [4.78, 5) is 2.16. The zero-order valence-electron chi connectivity index (χ0n) is 11.5. The first kappa shape index (κ1) is 14.8. The minimum Gasteiger partial charge on any atom is -0.395 e. The van der Waals surface area contributed by atoms with Gasteiger partial charge in [0.25, 0.3) is 0 Å². The SMILES string of the molecule is CN1CCN(S(=O)(=O)c2cccc3nsnc23)C[C@@H]1CO. The Labute approximate surface area is 127 Å². The number of sulfonamides is 1. The number of likely N-dealkylation sites (N-methyl/N-ethyl adjacent to an activating group) is 1. The fourth-order valence-electron chi connectivity index (χ4n) is 2.46. The Hall–Kier alpha value is -1.13. The fourth-order valence-corrected chi connectivity index (χ4v) is 4.68. The van der Waals surface area contributed by atoms with Gasteiger partial charge in [-0.1, -0.05) is 6.07 Å². The number of hydrogen-bond acceptors (Lipinski definition) is 7. The van der Waals surface area contributed by atoms with Crippen molar-refractivity contribution >= 4 is 32.8 Å². The van der Waals surface area contributed by atoms with Crippen molar-refractivity contribution in [3.8, 4) is 0 Å². The molecule has 0 aliphatic carbocycles. The van der Waals surface area contributed by atoms with E-state index in [9.17, 15) is 13.5 Å². The van der Waals surface area contributed by atoms with Crippen LogP contribution in [0.4, 0.5) is 0 Å². The average molecular weight is 328 g/mol. The normalized spacial score (nSPS) is 21.9. The fraction of sp³-hybridized carbons (Fsp3) is 0.500. The van der Waals surface area contributed by atoms with Crippen molar-refractivity contribution in [2.24, 2.45) is 0 Å². The molecule has 21 heavy (non-hydrogen) atoms. The largest absolute Gasteiger partial charge is 0.395 e. The standard InChI is InChI=1S/C12H16N4O3S2/c1-15-5-6-16(7-9(15)8-17)21(18,19)11-4-2-3-10-12(11)14-20-13-10/h2-4,9,17H,5-8H2,1H3/t9-/m1/s1. The molecule has 9 heteroatoms. The summed E-state index contributed by atoms with van der Waals surface area (Å²) in [6.07, 6.45) is 0. The molecule has 0 bridgehead atoms. The molecule has 1 N–H and O–H groups in total. The van der Waals surface area contributed by atoms with Gasteiger partial charge in [-0.25, -0.2) is 8.42 Å². The highest BCUT2D eigenvalue weighted by Gasteiger charge is 2.33. The van der Waals surface area contributed by atoms with Crippen molar-refractivity contribution in [1.29, 1.82) is 0 Å². The Bertz CT molecular complexity index is 746. The topological polar surface area (TPSA) is 86.6 Å². The van der Waals surface area contributed by atoms with Crippen molar-refractivity contribution in [1.82, 2.24) is 18.0 Å². The van der Waals surface area contributed by atoms with Gasteiger partial charge < -0.3 is 5.11 Å². The summed E-state index contributed by atoms with van der Waals surface area (Å²) in [5.74, 6) is 0. The number of benzene rings is 1. The van der Waals surface area contributed by atoms with E-state index in [2.05, 4.69) is 8.75 Å². The van der Waals surface area contributed by atoms with Crippen LogP contribution < -0.4 is 0 Å². The molecule has 1 atom stereocenters. The van der Waals surface area contributed by atoms with Gasteiger partial charge in [-0.15, -0.1) is 0 Å². The van der Waals surface area contributed by atoms with E-state index < -0.39 is 10.0 Å². The lowest BCUT2D eigenvalue weighted by Gasteiger charge is -2.37. The molecule has 0 amide bonds. The second kappa shape index (κ2) is 5.58. The van der Waals surface area contributed by atoms with Crippen LogP contribution in [0, 0.1) is 0 Å². The maximum Gasteiger partial charge on any atom is 0.245 e. The predicted molar refractivity (Wildman–Crippen MR) is 79.7 cm³/mol. The van der Waals surface area contributed by atoms with Crippen LogP contribution in [0.5, 0.6) is 0 Å². The van der Waals surface area contributed by atoms with E-state index in [1.807, 2.05) is 11.9 Å². The molecule has 0 radical (unpaired) electrons. The molecule has 1 aliphatic heterocycles. The molecular weight excluding hydrogens is 312 g/mol. The summed E-state index contributed by atoms with van der Waals surface area (Å²) < 4.78 is 35.3. The number of hydrogen-bond donors (Lipinski definition) is 1. The van der Waals surface area contributed by atoms with E-state index in [1.54, 1.807) is 18.2 Å². The molecule has 7 nitrogen and oxygen atoms in total. The second-order valence-electron chi connectivity index (χ2n) is 5.07. The number of aromatic nitrogens is 2. The highest BCUT2D eigenvalue weighted by Crippen LogP contribution is 2.25. The van der Waals surface area contributed by atoms with Crippen molar-refractivity contribution in [3.05, 3.63) is 18.2 Å². The van der Waals surface area contributed by atoms with Crippen molar-refractivity contribution in [2.75, 3.05) is 33.3 Å². The Morgan fingerprint density at radius 3 is 2.95 bits per heavy atom. The summed E-state index contributed by atoms with van der Waals surface area (Å²) in [5.41, 5.74) is 1.01. The molecule has 1 aromatic heterocycles. The van der Waals surface area contributed by atoms with Crippen molar-refractivity contribution in [2.45, 2.75) is 10.9 Å². The molecule has 3 rings (SSSR count). The molecular formula is C12H16N4O3S2.